The lowest BCUT2D eigenvalue weighted by atomic mass is 9.80. The van der Waals surface area contributed by atoms with Gasteiger partial charge in [0.05, 0.1) is 6.10 Å². The van der Waals surface area contributed by atoms with Gasteiger partial charge >= 0.3 is 0 Å². The Hall–Kier alpha value is -0.880. The van der Waals surface area contributed by atoms with Crippen LogP contribution in [-0.4, -0.2) is 12.7 Å². The monoisotopic (exact) mass is 363 g/mol. The van der Waals surface area contributed by atoms with Crippen LogP contribution in [0.2, 0.25) is 0 Å². The van der Waals surface area contributed by atoms with E-state index in [1.165, 1.54) is 70.3 Å². The zero-order valence-corrected chi connectivity index (χ0v) is 16.7. The molecular formula is C23H38FNO. The van der Waals surface area contributed by atoms with Gasteiger partial charge in [-0.15, -0.1) is 0 Å². The number of hydrogen-bond donors (Lipinski definition) is 0. The summed E-state index contributed by atoms with van der Waals surface area (Å²) in [5.74, 6) is 1.81. The highest BCUT2D eigenvalue weighted by Crippen LogP contribution is 2.34. The van der Waals surface area contributed by atoms with Crippen LogP contribution in [0.3, 0.4) is 0 Å². The summed E-state index contributed by atoms with van der Waals surface area (Å²) in [5.41, 5.74) is 0. The van der Waals surface area contributed by atoms with Gasteiger partial charge in [0.25, 0.3) is 0 Å². The Morgan fingerprint density at radius 1 is 0.962 bits per heavy atom. The summed E-state index contributed by atoms with van der Waals surface area (Å²) in [6.07, 6.45) is 19.4. The molecule has 0 aliphatic heterocycles. The molecule has 2 saturated carbocycles. The van der Waals surface area contributed by atoms with Gasteiger partial charge in [0.2, 0.25) is 0 Å². The molecule has 2 aliphatic carbocycles. The molecule has 0 radical (unpaired) electrons. The van der Waals surface area contributed by atoms with Crippen molar-refractivity contribution in [3.8, 4) is 6.07 Å². The number of nitriles is 1. The van der Waals surface area contributed by atoms with E-state index in [1.807, 2.05) is 0 Å². The molecule has 0 heterocycles. The topological polar surface area (TPSA) is 33.0 Å². The van der Waals surface area contributed by atoms with Crippen LogP contribution < -0.4 is 0 Å². The van der Waals surface area contributed by atoms with Crippen LogP contribution >= 0.6 is 0 Å². The lowest BCUT2D eigenvalue weighted by molar-refractivity contribution is -0.0102. The number of allylic oxidation sites excluding steroid dienone is 2. The summed E-state index contributed by atoms with van der Waals surface area (Å²) in [6.45, 7) is 3.25. The van der Waals surface area contributed by atoms with Gasteiger partial charge in [-0.05, 0) is 75.2 Å². The second kappa shape index (κ2) is 12.5. The van der Waals surface area contributed by atoms with Crippen LogP contribution in [0.1, 0.15) is 96.8 Å². The van der Waals surface area contributed by atoms with E-state index in [-0.39, 0.29) is 0 Å². The summed E-state index contributed by atoms with van der Waals surface area (Å²) in [4.78, 5) is 0. The molecule has 0 unspecified atom stereocenters. The number of halogens is 1. The zero-order valence-electron chi connectivity index (χ0n) is 16.7. The molecule has 2 fully saturated rings. The van der Waals surface area contributed by atoms with E-state index in [0.29, 0.717) is 18.4 Å². The molecule has 0 aromatic heterocycles. The molecule has 0 saturated heterocycles. The molecular weight excluding hydrogens is 325 g/mol. The average Bonchev–Trinajstić information content (AvgIpc) is 2.68. The molecule has 0 N–H and O–H groups in total. The van der Waals surface area contributed by atoms with Gasteiger partial charge in [0, 0.05) is 6.61 Å². The Morgan fingerprint density at radius 2 is 1.58 bits per heavy atom. The molecule has 0 aromatic carbocycles. The summed E-state index contributed by atoms with van der Waals surface area (Å²) >= 11 is 0. The van der Waals surface area contributed by atoms with Gasteiger partial charge in [-0.25, -0.2) is 0 Å². The predicted octanol–water partition coefficient (Wildman–Crippen LogP) is 7.11. The Kier molecular flexibility index (Phi) is 10.3. The smallest absolute Gasteiger partial charge is 0.196 e. The maximum Gasteiger partial charge on any atom is 0.196 e. The second-order valence-electron chi connectivity index (χ2n) is 8.60. The lowest BCUT2D eigenvalue weighted by Crippen LogP contribution is -2.26. The van der Waals surface area contributed by atoms with E-state index in [0.717, 1.165) is 37.7 Å². The minimum Gasteiger partial charge on any atom is -0.378 e. The third-order valence-corrected chi connectivity index (χ3v) is 6.55. The number of ether oxygens (including phenoxy) is 1. The predicted molar refractivity (Wildman–Crippen MR) is 105 cm³/mol. The third kappa shape index (κ3) is 8.21. The van der Waals surface area contributed by atoms with Crippen molar-refractivity contribution in [1.82, 2.24) is 0 Å². The highest BCUT2D eigenvalue weighted by atomic mass is 19.1. The zero-order chi connectivity index (χ0) is 18.6. The van der Waals surface area contributed by atoms with Crippen molar-refractivity contribution in [2.75, 3.05) is 6.61 Å². The summed E-state index contributed by atoms with van der Waals surface area (Å²) < 4.78 is 19.1. The van der Waals surface area contributed by atoms with Crippen molar-refractivity contribution in [3.05, 3.63) is 11.9 Å². The van der Waals surface area contributed by atoms with Crippen molar-refractivity contribution >= 4 is 0 Å². The Labute approximate surface area is 160 Å². The van der Waals surface area contributed by atoms with Gasteiger partial charge in [-0.3, -0.25) is 0 Å². The van der Waals surface area contributed by atoms with Crippen LogP contribution in [0.25, 0.3) is 0 Å². The number of unbranched alkanes of at least 4 members (excludes halogenated alkanes) is 2. The van der Waals surface area contributed by atoms with Crippen LogP contribution in [0.4, 0.5) is 4.39 Å². The fraction of sp³-hybridized carbons (Fsp3) is 0.870. The normalized spacial score (nSPS) is 30.1. The van der Waals surface area contributed by atoms with Crippen LogP contribution in [0.5, 0.6) is 0 Å². The van der Waals surface area contributed by atoms with E-state index in [2.05, 4.69) is 6.92 Å². The molecule has 0 bridgehead atoms. The van der Waals surface area contributed by atoms with Gasteiger partial charge in [0.15, 0.2) is 5.83 Å². The molecule has 2 rings (SSSR count). The molecule has 148 valence electrons. The molecule has 0 atom stereocenters. The third-order valence-electron chi connectivity index (χ3n) is 6.55. The first kappa shape index (κ1) is 21.4. The molecule has 26 heavy (non-hydrogen) atoms. The maximum atomic E-state index is 12.8. The van der Waals surface area contributed by atoms with Crippen molar-refractivity contribution in [1.29, 1.82) is 5.26 Å². The molecule has 3 heteroatoms. The quantitative estimate of drug-likeness (QED) is 0.306. The maximum absolute atomic E-state index is 12.8. The van der Waals surface area contributed by atoms with E-state index in [1.54, 1.807) is 6.07 Å². The molecule has 0 amide bonds. The highest BCUT2D eigenvalue weighted by molar-refractivity contribution is 5.11. The van der Waals surface area contributed by atoms with Crippen molar-refractivity contribution < 1.29 is 9.13 Å². The molecule has 2 aliphatic rings. The Bertz CT molecular complexity index is 440. The first-order valence-electron chi connectivity index (χ1n) is 11.1. The first-order valence-corrected chi connectivity index (χ1v) is 11.1. The van der Waals surface area contributed by atoms with E-state index >= 15 is 0 Å². The SMILES string of the molecule is CCCCCC1CCC(COC2CCC(CC/C=C(\F)C#N)CC2)CC1. The van der Waals surface area contributed by atoms with Crippen molar-refractivity contribution in [2.45, 2.75) is 103 Å². The fourth-order valence-corrected chi connectivity index (χ4v) is 4.72. The lowest BCUT2D eigenvalue weighted by Gasteiger charge is -2.32. The van der Waals surface area contributed by atoms with E-state index in [4.69, 9.17) is 10.00 Å². The largest absolute Gasteiger partial charge is 0.378 e. The summed E-state index contributed by atoms with van der Waals surface area (Å²) in [7, 11) is 0. The van der Waals surface area contributed by atoms with Gasteiger partial charge in [0.1, 0.15) is 6.07 Å². The van der Waals surface area contributed by atoms with Gasteiger partial charge in [-0.1, -0.05) is 45.4 Å². The minimum absolute atomic E-state index is 0.444. The van der Waals surface area contributed by atoms with Gasteiger partial charge < -0.3 is 4.74 Å². The fourth-order valence-electron chi connectivity index (χ4n) is 4.72. The second-order valence-corrected chi connectivity index (χ2v) is 8.60. The summed E-state index contributed by atoms with van der Waals surface area (Å²) in [6, 6.07) is 1.55. The minimum atomic E-state index is -0.637. The first-order chi connectivity index (χ1) is 12.7. The number of rotatable bonds is 10. The van der Waals surface area contributed by atoms with Crippen LogP contribution in [0, 0.1) is 29.1 Å². The number of hydrogen-bond acceptors (Lipinski definition) is 2. The van der Waals surface area contributed by atoms with Crippen molar-refractivity contribution in [2.24, 2.45) is 17.8 Å². The van der Waals surface area contributed by atoms with E-state index in [9.17, 15) is 4.39 Å². The molecule has 0 aromatic rings. The number of nitrogens with zero attached hydrogens (tertiary/aromatic N) is 1. The van der Waals surface area contributed by atoms with Crippen LogP contribution in [0.15, 0.2) is 11.9 Å². The highest BCUT2D eigenvalue weighted by Gasteiger charge is 2.24. The average molecular weight is 364 g/mol. The van der Waals surface area contributed by atoms with Crippen molar-refractivity contribution in [3.63, 3.8) is 0 Å². The summed E-state index contributed by atoms with van der Waals surface area (Å²) in [5, 5.41) is 8.43. The van der Waals surface area contributed by atoms with E-state index < -0.39 is 5.83 Å². The standard InChI is InChI=1S/C23H38FNO/c1-2-3-4-6-19-9-11-21(12-10-19)18-26-23-15-13-20(14-16-23)7-5-8-22(24)17-25/h8,19-21,23H,2-7,9-16,18H2,1H3/b22-8-. The Balaban J connectivity index is 1.52. The van der Waals surface area contributed by atoms with Crippen LogP contribution in [-0.2, 0) is 4.74 Å². The van der Waals surface area contributed by atoms with Gasteiger partial charge in [-0.2, -0.15) is 9.65 Å². The molecule has 0 spiro atoms. The molecule has 2 nitrogen and oxygen atoms in total. The Morgan fingerprint density at radius 3 is 2.23 bits per heavy atom.